The molecule has 0 bridgehead atoms. The summed E-state index contributed by atoms with van der Waals surface area (Å²) in [4.78, 5) is 13.9. The van der Waals surface area contributed by atoms with Gasteiger partial charge in [0.15, 0.2) is 0 Å². The molecule has 2 rings (SSSR count). The van der Waals surface area contributed by atoms with E-state index in [0.717, 1.165) is 5.56 Å². The van der Waals surface area contributed by atoms with Gasteiger partial charge in [0.25, 0.3) is 0 Å². The molecular weight excluding hydrogens is 373 g/mol. The summed E-state index contributed by atoms with van der Waals surface area (Å²) in [5, 5.41) is 3.31. The van der Waals surface area contributed by atoms with Gasteiger partial charge >= 0.3 is 6.61 Å². The molecule has 25 heavy (non-hydrogen) atoms. The molecule has 0 aromatic heterocycles. The first kappa shape index (κ1) is 19.4. The summed E-state index contributed by atoms with van der Waals surface area (Å²) in [6.07, 6.45) is 0. The van der Waals surface area contributed by atoms with Crippen LogP contribution in [0.4, 0.5) is 14.5 Å². The Kier molecular flexibility index (Phi) is 6.99. The van der Waals surface area contributed by atoms with E-state index in [0.29, 0.717) is 17.3 Å². The Labute approximate surface area is 154 Å². The Balaban J connectivity index is 1.88. The van der Waals surface area contributed by atoms with Crippen molar-refractivity contribution in [3.8, 4) is 5.75 Å². The van der Waals surface area contributed by atoms with Gasteiger partial charge in [-0.1, -0.05) is 35.3 Å². The maximum absolute atomic E-state index is 12.2. The molecule has 0 atom stereocenters. The quantitative estimate of drug-likeness (QED) is 0.749. The van der Waals surface area contributed by atoms with Crippen molar-refractivity contribution in [1.29, 1.82) is 0 Å². The summed E-state index contributed by atoms with van der Waals surface area (Å²) in [5.74, 6) is -0.399. The second-order valence-electron chi connectivity index (χ2n) is 5.37. The highest BCUT2D eigenvalue weighted by atomic mass is 35.5. The van der Waals surface area contributed by atoms with Gasteiger partial charge in [-0.25, -0.2) is 0 Å². The lowest BCUT2D eigenvalue weighted by atomic mass is 10.2. The molecule has 2 aromatic carbocycles. The Morgan fingerprint density at radius 3 is 2.48 bits per heavy atom. The van der Waals surface area contributed by atoms with Gasteiger partial charge in [0.2, 0.25) is 5.91 Å². The number of nitrogens with one attached hydrogen (secondary N) is 1. The number of nitrogens with zero attached hydrogens (tertiary/aromatic N) is 1. The van der Waals surface area contributed by atoms with Crippen molar-refractivity contribution in [2.24, 2.45) is 0 Å². The van der Waals surface area contributed by atoms with Crippen LogP contribution in [-0.4, -0.2) is 31.0 Å². The highest BCUT2D eigenvalue weighted by Gasteiger charge is 2.11. The van der Waals surface area contributed by atoms with Crippen molar-refractivity contribution < 1.29 is 18.3 Å². The lowest BCUT2D eigenvalue weighted by Gasteiger charge is -2.16. The van der Waals surface area contributed by atoms with Crippen molar-refractivity contribution in [1.82, 2.24) is 4.90 Å². The van der Waals surface area contributed by atoms with Crippen LogP contribution in [0.15, 0.2) is 42.5 Å². The monoisotopic (exact) mass is 388 g/mol. The molecule has 0 fully saturated rings. The highest BCUT2D eigenvalue weighted by Crippen LogP contribution is 2.28. The first-order valence-corrected chi connectivity index (χ1v) is 8.06. The number of halogens is 4. The number of likely N-dealkylation sites (N-methyl/N-ethyl adjacent to an activating group) is 1. The van der Waals surface area contributed by atoms with Crippen LogP contribution in [0.2, 0.25) is 10.0 Å². The first-order chi connectivity index (χ1) is 11.8. The van der Waals surface area contributed by atoms with Gasteiger partial charge in [0, 0.05) is 17.3 Å². The van der Waals surface area contributed by atoms with Crippen molar-refractivity contribution in [3.63, 3.8) is 0 Å². The van der Waals surface area contributed by atoms with Gasteiger partial charge < -0.3 is 10.1 Å². The number of rotatable bonds is 7. The molecule has 134 valence electrons. The van der Waals surface area contributed by atoms with E-state index >= 15 is 0 Å². The predicted octanol–water partition coefficient (Wildman–Crippen LogP) is 4.67. The Hall–Kier alpha value is -1.89. The summed E-state index contributed by atoms with van der Waals surface area (Å²) >= 11 is 11.7. The third-order valence-corrected chi connectivity index (χ3v) is 3.76. The standard InChI is InChI=1S/C17H16Cl2F2N2O2/c1-23(9-11-2-4-12(18)5-3-11)10-16(24)22-13-6-7-15(14(19)8-13)25-17(20)21/h2-8,17H,9-10H2,1H3,(H,22,24). The molecule has 2 aromatic rings. The zero-order chi connectivity index (χ0) is 18.4. The second-order valence-corrected chi connectivity index (χ2v) is 6.21. The SMILES string of the molecule is CN(CC(=O)Nc1ccc(OC(F)F)c(Cl)c1)Cc1ccc(Cl)cc1. The van der Waals surface area contributed by atoms with Crippen LogP contribution >= 0.6 is 23.2 Å². The Morgan fingerprint density at radius 1 is 1.20 bits per heavy atom. The summed E-state index contributed by atoms with van der Waals surface area (Å²) in [6, 6.07) is 11.4. The Morgan fingerprint density at radius 2 is 1.88 bits per heavy atom. The first-order valence-electron chi connectivity index (χ1n) is 7.30. The summed E-state index contributed by atoms with van der Waals surface area (Å²) in [6.45, 7) is -2.23. The molecule has 4 nitrogen and oxygen atoms in total. The van der Waals surface area contributed by atoms with Gasteiger partial charge in [-0.2, -0.15) is 8.78 Å². The molecule has 0 spiro atoms. The lowest BCUT2D eigenvalue weighted by molar-refractivity contribution is -0.117. The van der Waals surface area contributed by atoms with Gasteiger partial charge in [0.05, 0.1) is 11.6 Å². The fourth-order valence-electron chi connectivity index (χ4n) is 2.17. The van der Waals surface area contributed by atoms with E-state index in [-0.39, 0.29) is 23.2 Å². The van der Waals surface area contributed by atoms with Crippen LogP contribution in [0.5, 0.6) is 5.75 Å². The van der Waals surface area contributed by atoms with Crippen LogP contribution in [0, 0.1) is 0 Å². The molecule has 0 aliphatic carbocycles. The second kappa shape index (κ2) is 8.99. The van der Waals surface area contributed by atoms with E-state index in [1.807, 2.05) is 17.0 Å². The third-order valence-electron chi connectivity index (χ3n) is 3.21. The largest absolute Gasteiger partial charge is 0.433 e. The molecule has 0 heterocycles. The minimum Gasteiger partial charge on any atom is -0.433 e. The number of carbonyl (C=O) groups excluding carboxylic acids is 1. The number of ether oxygens (including phenoxy) is 1. The van der Waals surface area contributed by atoms with Crippen LogP contribution < -0.4 is 10.1 Å². The van der Waals surface area contributed by atoms with Crippen LogP contribution in [0.3, 0.4) is 0 Å². The van der Waals surface area contributed by atoms with Gasteiger partial charge in [-0.15, -0.1) is 0 Å². The van der Waals surface area contributed by atoms with Crippen molar-refractivity contribution in [2.45, 2.75) is 13.2 Å². The van der Waals surface area contributed by atoms with E-state index in [1.165, 1.54) is 18.2 Å². The molecular formula is C17H16Cl2F2N2O2. The molecule has 0 unspecified atom stereocenters. The molecule has 8 heteroatoms. The Bertz CT molecular complexity index is 727. The van der Waals surface area contributed by atoms with E-state index in [1.54, 1.807) is 19.2 Å². The predicted molar refractivity (Wildman–Crippen MR) is 94.5 cm³/mol. The zero-order valence-corrected chi connectivity index (χ0v) is 14.8. The van der Waals surface area contributed by atoms with Gasteiger partial charge in [0.1, 0.15) is 5.75 Å². The van der Waals surface area contributed by atoms with Crippen LogP contribution in [0.1, 0.15) is 5.56 Å². The fraction of sp³-hybridized carbons (Fsp3) is 0.235. The molecule has 0 saturated carbocycles. The van der Waals surface area contributed by atoms with Gasteiger partial charge in [-0.05, 0) is 42.9 Å². The molecule has 0 aliphatic heterocycles. The number of alkyl halides is 2. The minimum absolute atomic E-state index is 0.00683. The topological polar surface area (TPSA) is 41.6 Å². The maximum Gasteiger partial charge on any atom is 0.387 e. The van der Waals surface area contributed by atoms with Crippen LogP contribution in [-0.2, 0) is 11.3 Å². The van der Waals surface area contributed by atoms with E-state index in [2.05, 4.69) is 10.1 Å². The van der Waals surface area contributed by atoms with E-state index in [4.69, 9.17) is 23.2 Å². The fourth-order valence-corrected chi connectivity index (χ4v) is 2.52. The number of carbonyl (C=O) groups is 1. The third kappa shape index (κ3) is 6.49. The molecule has 1 amide bonds. The molecule has 0 aliphatic rings. The van der Waals surface area contributed by atoms with E-state index in [9.17, 15) is 13.6 Å². The molecule has 0 saturated heterocycles. The normalized spacial score (nSPS) is 11.0. The average molecular weight is 389 g/mol. The van der Waals surface area contributed by atoms with E-state index < -0.39 is 6.61 Å². The summed E-state index contributed by atoms with van der Waals surface area (Å²) in [7, 11) is 1.81. The van der Waals surface area contributed by atoms with Gasteiger partial charge in [-0.3, -0.25) is 9.69 Å². The number of hydrogen-bond acceptors (Lipinski definition) is 3. The zero-order valence-electron chi connectivity index (χ0n) is 13.3. The smallest absolute Gasteiger partial charge is 0.387 e. The van der Waals surface area contributed by atoms with Crippen molar-refractivity contribution in [2.75, 3.05) is 18.9 Å². The number of anilines is 1. The number of benzene rings is 2. The number of hydrogen-bond donors (Lipinski definition) is 1. The summed E-state index contributed by atoms with van der Waals surface area (Å²) in [5.41, 5.74) is 1.42. The number of amides is 1. The average Bonchev–Trinajstić information content (AvgIpc) is 2.51. The van der Waals surface area contributed by atoms with Crippen molar-refractivity contribution >= 4 is 34.8 Å². The summed E-state index contributed by atoms with van der Waals surface area (Å²) < 4.78 is 28.6. The highest BCUT2D eigenvalue weighted by molar-refractivity contribution is 6.32. The van der Waals surface area contributed by atoms with Crippen molar-refractivity contribution in [3.05, 3.63) is 58.1 Å². The molecule has 1 N–H and O–H groups in total. The minimum atomic E-state index is -2.96. The lowest BCUT2D eigenvalue weighted by Crippen LogP contribution is -2.29. The molecule has 0 radical (unpaired) electrons. The maximum atomic E-state index is 12.2. The van der Waals surface area contributed by atoms with Crippen LogP contribution in [0.25, 0.3) is 0 Å².